The summed E-state index contributed by atoms with van der Waals surface area (Å²) < 4.78 is 0. The molecular weight excluding hydrogens is 274 g/mol. The fraction of sp³-hybridized carbons (Fsp3) is 0.222. The summed E-state index contributed by atoms with van der Waals surface area (Å²) in [6.07, 6.45) is 0. The Morgan fingerprint density at radius 1 is 1.25 bits per heavy atom. The van der Waals surface area contributed by atoms with Crippen molar-refractivity contribution in [3.05, 3.63) is 27.2 Å². The van der Waals surface area contributed by atoms with Gasteiger partial charge in [0.1, 0.15) is 0 Å². The van der Waals surface area contributed by atoms with Gasteiger partial charge in [0.15, 0.2) is 5.75 Å². The van der Waals surface area contributed by atoms with Gasteiger partial charge < -0.3 is 9.74 Å². The van der Waals surface area contributed by atoms with Crippen molar-refractivity contribution in [3.8, 4) is 5.75 Å². The van der Waals surface area contributed by atoms with Gasteiger partial charge in [-0.15, -0.1) is 0 Å². The zero-order chi connectivity index (χ0) is 12.3. The minimum atomic E-state index is -0.401. The Kier molecular flexibility index (Phi) is 4.53. The summed E-state index contributed by atoms with van der Waals surface area (Å²) in [7, 11) is 3.17. The second-order valence-corrected chi connectivity index (χ2v) is 4.30. The fourth-order valence-electron chi connectivity index (χ4n) is 0.785. The molecule has 0 aliphatic carbocycles. The molecule has 0 bridgehead atoms. The summed E-state index contributed by atoms with van der Waals surface area (Å²) in [6.45, 7) is 0. The molecule has 88 valence electrons. The van der Waals surface area contributed by atoms with Crippen LogP contribution in [0.1, 0.15) is 0 Å². The van der Waals surface area contributed by atoms with Crippen LogP contribution in [0.3, 0.4) is 0 Å². The third-order valence-corrected chi connectivity index (χ3v) is 2.82. The van der Waals surface area contributed by atoms with E-state index in [4.69, 9.17) is 39.6 Å². The van der Waals surface area contributed by atoms with Crippen LogP contribution in [0, 0.1) is 0 Å². The van der Waals surface area contributed by atoms with Crippen molar-refractivity contribution >= 4 is 40.8 Å². The largest absolute Gasteiger partial charge is 0.378 e. The third-order valence-electron chi connectivity index (χ3n) is 1.62. The van der Waals surface area contributed by atoms with E-state index in [0.717, 1.165) is 0 Å². The van der Waals surface area contributed by atoms with E-state index in [1.54, 1.807) is 14.1 Å². The van der Waals surface area contributed by atoms with Crippen LogP contribution in [0.15, 0.2) is 12.1 Å². The summed E-state index contributed by atoms with van der Waals surface area (Å²) in [6, 6.07) is 2.50. The Balaban J connectivity index is 2.72. The molecule has 4 nitrogen and oxygen atoms in total. The van der Waals surface area contributed by atoms with Gasteiger partial charge in [-0.3, -0.25) is 0 Å². The van der Waals surface area contributed by atoms with E-state index < -0.39 is 6.03 Å². The summed E-state index contributed by atoms with van der Waals surface area (Å²) >= 11 is 17.3. The first-order valence-corrected chi connectivity index (χ1v) is 5.34. The Hall–Kier alpha value is -0.840. The van der Waals surface area contributed by atoms with Crippen LogP contribution in [0.5, 0.6) is 5.75 Å². The van der Waals surface area contributed by atoms with Crippen LogP contribution in [0.25, 0.3) is 0 Å². The van der Waals surface area contributed by atoms with Crippen molar-refractivity contribution in [1.29, 1.82) is 0 Å². The number of nitrogens with one attached hydrogen (secondary N) is 1. The maximum Gasteiger partial charge on any atom is 0.349 e. The second-order valence-electron chi connectivity index (χ2n) is 3.10. The number of hydrogen-bond acceptors (Lipinski definition) is 2. The molecule has 0 fully saturated rings. The third kappa shape index (κ3) is 3.33. The molecule has 0 unspecified atom stereocenters. The summed E-state index contributed by atoms with van der Waals surface area (Å²) in [5, 5.41) is 0.751. The zero-order valence-electron chi connectivity index (χ0n) is 8.55. The first kappa shape index (κ1) is 13.2. The molecule has 0 radical (unpaired) electrons. The van der Waals surface area contributed by atoms with Gasteiger partial charge in [0.25, 0.3) is 0 Å². The van der Waals surface area contributed by atoms with E-state index >= 15 is 0 Å². The van der Waals surface area contributed by atoms with Crippen molar-refractivity contribution in [1.82, 2.24) is 10.4 Å². The number of hydrogen-bond donors (Lipinski definition) is 1. The highest BCUT2D eigenvalue weighted by atomic mass is 35.5. The smallest absolute Gasteiger partial charge is 0.349 e. The van der Waals surface area contributed by atoms with E-state index in [1.807, 2.05) is 0 Å². The van der Waals surface area contributed by atoms with Crippen molar-refractivity contribution in [2.24, 2.45) is 0 Å². The number of amides is 2. The van der Waals surface area contributed by atoms with Gasteiger partial charge in [-0.2, -0.15) is 5.48 Å². The Morgan fingerprint density at radius 3 is 2.19 bits per heavy atom. The van der Waals surface area contributed by atoms with Crippen LogP contribution in [0.4, 0.5) is 4.79 Å². The lowest BCUT2D eigenvalue weighted by molar-refractivity contribution is 0.157. The molecule has 0 atom stereocenters. The molecule has 0 spiro atoms. The maximum absolute atomic E-state index is 11.2. The second kappa shape index (κ2) is 5.48. The van der Waals surface area contributed by atoms with E-state index in [0.29, 0.717) is 5.75 Å². The number of benzene rings is 1. The van der Waals surface area contributed by atoms with Crippen LogP contribution < -0.4 is 10.3 Å². The number of rotatable bonds is 2. The number of halogens is 3. The van der Waals surface area contributed by atoms with E-state index in [2.05, 4.69) is 5.48 Å². The molecule has 7 heteroatoms. The summed E-state index contributed by atoms with van der Waals surface area (Å²) in [5.41, 5.74) is 2.20. The van der Waals surface area contributed by atoms with E-state index in [1.165, 1.54) is 17.0 Å². The van der Waals surface area contributed by atoms with Gasteiger partial charge in [0, 0.05) is 26.2 Å². The topological polar surface area (TPSA) is 41.6 Å². The monoisotopic (exact) mass is 282 g/mol. The van der Waals surface area contributed by atoms with E-state index in [-0.39, 0.29) is 15.1 Å². The van der Waals surface area contributed by atoms with Crippen molar-refractivity contribution < 1.29 is 9.63 Å². The fourth-order valence-corrected chi connectivity index (χ4v) is 1.36. The molecule has 1 rings (SSSR count). The lowest BCUT2D eigenvalue weighted by Gasteiger charge is -2.12. The highest BCUT2D eigenvalue weighted by Crippen LogP contribution is 2.33. The molecule has 16 heavy (non-hydrogen) atoms. The number of urea groups is 1. The lowest BCUT2D eigenvalue weighted by atomic mass is 10.3. The molecular formula is C9H9Cl3N2O2. The molecule has 1 aromatic carbocycles. The SMILES string of the molecule is CN(C)C(=O)NOc1cc(Cl)c(Cl)c(Cl)c1. The number of hydroxylamine groups is 1. The van der Waals surface area contributed by atoms with Gasteiger partial charge in [-0.25, -0.2) is 4.79 Å². The number of carbonyl (C=O) groups excluding carboxylic acids is 1. The zero-order valence-corrected chi connectivity index (χ0v) is 10.8. The quantitative estimate of drug-likeness (QED) is 0.669. The Bertz CT molecular complexity index is 387. The summed E-state index contributed by atoms with van der Waals surface area (Å²) in [4.78, 5) is 17.4. The molecule has 2 amide bonds. The van der Waals surface area contributed by atoms with Crippen LogP contribution in [-0.4, -0.2) is 25.0 Å². The van der Waals surface area contributed by atoms with E-state index in [9.17, 15) is 4.79 Å². The highest BCUT2D eigenvalue weighted by molar-refractivity contribution is 6.48. The average Bonchev–Trinajstić information content (AvgIpc) is 2.22. The van der Waals surface area contributed by atoms with Gasteiger partial charge in [0.05, 0.1) is 15.1 Å². The summed E-state index contributed by atoms with van der Waals surface area (Å²) in [5.74, 6) is 0.301. The first-order chi connectivity index (χ1) is 7.41. The predicted octanol–water partition coefficient (Wildman–Crippen LogP) is 3.21. The highest BCUT2D eigenvalue weighted by Gasteiger charge is 2.08. The van der Waals surface area contributed by atoms with Crippen LogP contribution >= 0.6 is 34.8 Å². The van der Waals surface area contributed by atoms with Crippen LogP contribution in [0.2, 0.25) is 15.1 Å². The standard InChI is InChI=1S/C9H9Cl3N2O2/c1-14(2)9(15)13-16-5-3-6(10)8(12)7(11)4-5/h3-4H,1-2H3,(H,13,15). The molecule has 0 aliphatic heterocycles. The van der Waals surface area contributed by atoms with Gasteiger partial charge in [0.2, 0.25) is 0 Å². The van der Waals surface area contributed by atoms with Gasteiger partial charge in [-0.1, -0.05) is 34.8 Å². The van der Waals surface area contributed by atoms with Gasteiger partial charge in [-0.05, 0) is 0 Å². The molecule has 1 aromatic rings. The number of nitrogens with zero attached hydrogens (tertiary/aromatic N) is 1. The minimum Gasteiger partial charge on any atom is -0.378 e. The normalized spacial score (nSPS) is 9.81. The first-order valence-electron chi connectivity index (χ1n) is 4.20. The predicted molar refractivity (Wildman–Crippen MR) is 64.3 cm³/mol. The average molecular weight is 284 g/mol. The van der Waals surface area contributed by atoms with Crippen molar-refractivity contribution in [3.63, 3.8) is 0 Å². The molecule has 0 heterocycles. The van der Waals surface area contributed by atoms with Crippen molar-refractivity contribution in [2.45, 2.75) is 0 Å². The number of carbonyl (C=O) groups is 1. The molecule has 0 aromatic heterocycles. The van der Waals surface area contributed by atoms with Crippen molar-refractivity contribution in [2.75, 3.05) is 14.1 Å². The maximum atomic E-state index is 11.2. The molecule has 0 saturated heterocycles. The molecule has 0 aliphatic rings. The minimum absolute atomic E-state index is 0.245. The molecule has 1 N–H and O–H groups in total. The van der Waals surface area contributed by atoms with Crippen LogP contribution in [-0.2, 0) is 0 Å². The van der Waals surface area contributed by atoms with Gasteiger partial charge >= 0.3 is 6.03 Å². The molecule has 0 saturated carbocycles. The Morgan fingerprint density at radius 2 is 1.75 bits per heavy atom. The Labute approximate surface area is 108 Å². The lowest BCUT2D eigenvalue weighted by Crippen LogP contribution is -2.36.